The molecule has 0 spiro atoms. The largest absolute Gasteiger partial charge is 0.495 e. The van der Waals surface area contributed by atoms with Gasteiger partial charge in [0.05, 0.1) is 24.3 Å². The molecule has 118 valence electrons. The molecular formula is C16H23BrClNO2. The summed E-state index contributed by atoms with van der Waals surface area (Å²) in [5.41, 5.74) is 1.10. The molecule has 1 aliphatic heterocycles. The minimum atomic E-state index is 0.194. The van der Waals surface area contributed by atoms with Gasteiger partial charge in [0.1, 0.15) is 5.75 Å². The summed E-state index contributed by atoms with van der Waals surface area (Å²) in [5.74, 6) is 1.29. The first kappa shape index (κ1) is 17.1. The van der Waals surface area contributed by atoms with Crippen LogP contribution >= 0.6 is 27.5 Å². The van der Waals surface area contributed by atoms with E-state index in [4.69, 9.17) is 21.1 Å². The van der Waals surface area contributed by atoms with E-state index in [2.05, 4.69) is 35.1 Å². The topological polar surface area (TPSA) is 30.5 Å². The van der Waals surface area contributed by atoms with Crippen LogP contribution in [0.25, 0.3) is 0 Å². The van der Waals surface area contributed by atoms with Gasteiger partial charge in [-0.15, -0.1) is 0 Å². The van der Waals surface area contributed by atoms with E-state index in [0.29, 0.717) is 17.0 Å². The maximum absolute atomic E-state index is 6.25. The Kier molecular flexibility index (Phi) is 6.35. The van der Waals surface area contributed by atoms with Crippen LogP contribution in [0.1, 0.15) is 38.3 Å². The zero-order valence-electron chi connectivity index (χ0n) is 12.8. The second kappa shape index (κ2) is 7.82. The summed E-state index contributed by atoms with van der Waals surface area (Å²) in [6.45, 7) is 6.03. The molecule has 0 aromatic heterocycles. The Labute approximate surface area is 140 Å². The van der Waals surface area contributed by atoms with Crippen LogP contribution in [-0.4, -0.2) is 26.4 Å². The van der Waals surface area contributed by atoms with Crippen molar-refractivity contribution in [3.8, 4) is 5.75 Å². The van der Waals surface area contributed by atoms with Crippen LogP contribution in [0.4, 0.5) is 0 Å². The van der Waals surface area contributed by atoms with Gasteiger partial charge in [0.2, 0.25) is 0 Å². The molecule has 0 amide bonds. The standard InChI is InChI=1S/C16H23BrClNO2/c1-4-5-19-15(11-6-10(2)21-9-11)13-7-12(18)8-14(17)16(13)20-3/h7-8,10-11,15,19H,4-6,9H2,1-3H3. The molecule has 3 unspecified atom stereocenters. The molecule has 2 rings (SSSR count). The van der Waals surface area contributed by atoms with E-state index < -0.39 is 0 Å². The summed E-state index contributed by atoms with van der Waals surface area (Å²) in [5, 5.41) is 4.35. The van der Waals surface area contributed by atoms with E-state index in [1.54, 1.807) is 7.11 Å². The van der Waals surface area contributed by atoms with Crippen molar-refractivity contribution in [2.75, 3.05) is 20.3 Å². The first-order valence-corrected chi connectivity index (χ1v) is 8.61. The lowest BCUT2D eigenvalue weighted by molar-refractivity contribution is 0.116. The fourth-order valence-electron chi connectivity index (χ4n) is 2.94. The van der Waals surface area contributed by atoms with Crippen LogP contribution in [0, 0.1) is 5.92 Å². The Bertz CT molecular complexity index is 484. The van der Waals surface area contributed by atoms with Gasteiger partial charge in [-0.1, -0.05) is 18.5 Å². The highest BCUT2D eigenvalue weighted by Crippen LogP contribution is 2.41. The summed E-state index contributed by atoms with van der Waals surface area (Å²) in [7, 11) is 1.70. The molecular weight excluding hydrogens is 354 g/mol. The summed E-state index contributed by atoms with van der Waals surface area (Å²) >= 11 is 9.79. The molecule has 1 aromatic carbocycles. The zero-order chi connectivity index (χ0) is 15.4. The van der Waals surface area contributed by atoms with Crippen LogP contribution in [0.5, 0.6) is 5.75 Å². The Morgan fingerprint density at radius 3 is 2.86 bits per heavy atom. The average Bonchev–Trinajstić information content (AvgIpc) is 2.85. The third kappa shape index (κ3) is 4.13. The van der Waals surface area contributed by atoms with Crippen molar-refractivity contribution >= 4 is 27.5 Å². The number of hydrogen-bond donors (Lipinski definition) is 1. The van der Waals surface area contributed by atoms with Crippen LogP contribution in [0.2, 0.25) is 5.02 Å². The molecule has 1 heterocycles. The fourth-order valence-corrected chi connectivity index (χ4v) is 3.94. The molecule has 3 atom stereocenters. The number of halogens is 2. The third-order valence-electron chi connectivity index (χ3n) is 3.89. The summed E-state index contributed by atoms with van der Waals surface area (Å²) in [6.07, 6.45) is 2.45. The number of rotatable bonds is 6. The Hall–Kier alpha value is -0.290. The van der Waals surface area contributed by atoms with Gasteiger partial charge in [-0.25, -0.2) is 0 Å². The van der Waals surface area contributed by atoms with E-state index in [1.807, 2.05) is 12.1 Å². The highest BCUT2D eigenvalue weighted by molar-refractivity contribution is 9.10. The predicted octanol–water partition coefficient (Wildman–Crippen LogP) is 4.58. The first-order valence-electron chi connectivity index (χ1n) is 7.44. The minimum Gasteiger partial charge on any atom is -0.495 e. The van der Waals surface area contributed by atoms with Gasteiger partial charge >= 0.3 is 0 Å². The van der Waals surface area contributed by atoms with Gasteiger partial charge in [-0.05, 0) is 54.4 Å². The molecule has 3 nitrogen and oxygen atoms in total. The number of benzene rings is 1. The maximum Gasteiger partial charge on any atom is 0.137 e. The van der Waals surface area contributed by atoms with Crippen molar-refractivity contribution in [1.29, 1.82) is 0 Å². The number of hydrogen-bond acceptors (Lipinski definition) is 3. The lowest BCUT2D eigenvalue weighted by atomic mass is 9.90. The molecule has 0 aliphatic carbocycles. The van der Waals surface area contributed by atoms with E-state index in [9.17, 15) is 0 Å². The molecule has 1 fully saturated rings. The van der Waals surface area contributed by atoms with Crippen molar-refractivity contribution in [3.05, 3.63) is 27.2 Å². The number of nitrogens with one attached hydrogen (secondary N) is 1. The van der Waals surface area contributed by atoms with Crippen molar-refractivity contribution < 1.29 is 9.47 Å². The van der Waals surface area contributed by atoms with Gasteiger partial charge in [0.15, 0.2) is 0 Å². The van der Waals surface area contributed by atoms with Crippen LogP contribution in [-0.2, 0) is 4.74 Å². The third-order valence-corrected chi connectivity index (χ3v) is 4.70. The summed E-state index contributed by atoms with van der Waals surface area (Å²) in [6, 6.07) is 4.07. The highest BCUT2D eigenvalue weighted by Gasteiger charge is 2.32. The monoisotopic (exact) mass is 375 g/mol. The van der Waals surface area contributed by atoms with Crippen molar-refractivity contribution in [1.82, 2.24) is 5.32 Å². The van der Waals surface area contributed by atoms with Crippen LogP contribution in [0.15, 0.2) is 16.6 Å². The van der Waals surface area contributed by atoms with Crippen molar-refractivity contribution in [2.24, 2.45) is 5.92 Å². The molecule has 1 N–H and O–H groups in total. The molecule has 0 radical (unpaired) electrons. The number of methoxy groups -OCH3 is 1. The Morgan fingerprint density at radius 1 is 1.52 bits per heavy atom. The fraction of sp³-hybridized carbons (Fsp3) is 0.625. The quantitative estimate of drug-likeness (QED) is 0.788. The predicted molar refractivity (Wildman–Crippen MR) is 90.3 cm³/mol. The lowest BCUT2D eigenvalue weighted by Gasteiger charge is -2.26. The van der Waals surface area contributed by atoms with E-state index in [1.165, 1.54) is 0 Å². The highest BCUT2D eigenvalue weighted by atomic mass is 79.9. The molecule has 1 aliphatic rings. The summed E-state index contributed by atoms with van der Waals surface area (Å²) in [4.78, 5) is 0. The smallest absolute Gasteiger partial charge is 0.137 e. The Morgan fingerprint density at radius 2 is 2.29 bits per heavy atom. The van der Waals surface area contributed by atoms with Crippen LogP contribution in [0.3, 0.4) is 0 Å². The van der Waals surface area contributed by atoms with Gasteiger partial charge in [0, 0.05) is 22.5 Å². The molecule has 1 saturated heterocycles. The van der Waals surface area contributed by atoms with Gasteiger partial charge in [0.25, 0.3) is 0 Å². The average molecular weight is 377 g/mol. The second-order valence-corrected chi connectivity index (χ2v) is 6.87. The lowest BCUT2D eigenvalue weighted by Crippen LogP contribution is -2.30. The Balaban J connectivity index is 2.35. The summed E-state index contributed by atoms with van der Waals surface area (Å²) < 4.78 is 12.2. The minimum absolute atomic E-state index is 0.194. The molecule has 21 heavy (non-hydrogen) atoms. The van der Waals surface area contributed by atoms with Gasteiger partial charge in [-0.2, -0.15) is 0 Å². The van der Waals surface area contributed by atoms with E-state index in [-0.39, 0.29) is 6.04 Å². The molecule has 0 bridgehead atoms. The van der Waals surface area contributed by atoms with Gasteiger partial charge < -0.3 is 14.8 Å². The van der Waals surface area contributed by atoms with E-state index in [0.717, 1.165) is 41.8 Å². The first-order chi connectivity index (χ1) is 10.1. The van der Waals surface area contributed by atoms with Gasteiger partial charge in [-0.3, -0.25) is 0 Å². The normalized spacial score (nSPS) is 23.3. The van der Waals surface area contributed by atoms with E-state index >= 15 is 0 Å². The van der Waals surface area contributed by atoms with Crippen LogP contribution < -0.4 is 10.1 Å². The maximum atomic E-state index is 6.25. The number of ether oxygens (including phenoxy) is 2. The van der Waals surface area contributed by atoms with Crippen molar-refractivity contribution in [3.63, 3.8) is 0 Å². The van der Waals surface area contributed by atoms with Crippen molar-refractivity contribution in [2.45, 2.75) is 38.8 Å². The molecule has 1 aromatic rings. The molecule has 5 heteroatoms. The molecule has 0 saturated carbocycles. The zero-order valence-corrected chi connectivity index (χ0v) is 15.1. The SMILES string of the molecule is CCCNC(c1cc(Cl)cc(Br)c1OC)C1COC(C)C1. The second-order valence-electron chi connectivity index (χ2n) is 5.58.